The maximum absolute atomic E-state index is 11.6. The molecule has 0 bridgehead atoms. The van der Waals surface area contributed by atoms with Gasteiger partial charge in [0.25, 0.3) is 0 Å². The van der Waals surface area contributed by atoms with Gasteiger partial charge in [-0.3, -0.25) is 4.79 Å². The summed E-state index contributed by atoms with van der Waals surface area (Å²) in [4.78, 5) is 11.6. The zero-order valence-electron chi connectivity index (χ0n) is 17.9. The van der Waals surface area contributed by atoms with Crippen LogP contribution in [0.15, 0.2) is 60.7 Å². The van der Waals surface area contributed by atoms with E-state index in [1.165, 1.54) is 34.9 Å². The molecule has 1 heterocycles. The first-order valence-electron chi connectivity index (χ1n) is 10.8. The van der Waals surface area contributed by atoms with Gasteiger partial charge in [-0.05, 0) is 53.6 Å². The molecule has 31 heavy (non-hydrogen) atoms. The average Bonchev–Trinajstić information content (AvgIpc) is 3.38. The molecule has 0 N–H and O–H groups in total. The molecule has 2 aliphatic rings. The number of ether oxygens (including phenoxy) is 3. The van der Waals surface area contributed by atoms with Gasteiger partial charge in [-0.1, -0.05) is 48.5 Å². The molecule has 2 atom stereocenters. The van der Waals surface area contributed by atoms with Crippen molar-refractivity contribution in [3.8, 4) is 22.6 Å². The van der Waals surface area contributed by atoms with E-state index in [-0.39, 0.29) is 18.0 Å². The topological polar surface area (TPSA) is 44.8 Å². The highest BCUT2D eigenvalue weighted by Gasteiger charge is 2.29. The Labute approximate surface area is 182 Å². The third kappa shape index (κ3) is 3.67. The van der Waals surface area contributed by atoms with Gasteiger partial charge in [0.2, 0.25) is 0 Å². The molecule has 5 rings (SSSR count). The van der Waals surface area contributed by atoms with Crippen molar-refractivity contribution in [1.82, 2.24) is 0 Å². The minimum atomic E-state index is -0.214. The number of carbonyl (C=O) groups is 1. The number of hydrogen-bond donors (Lipinski definition) is 0. The summed E-state index contributed by atoms with van der Waals surface area (Å²) in [7, 11) is 1.42. The van der Waals surface area contributed by atoms with Crippen LogP contribution < -0.4 is 9.47 Å². The average molecular weight is 415 g/mol. The number of carbonyl (C=O) groups excluding carboxylic acids is 1. The summed E-state index contributed by atoms with van der Waals surface area (Å²) in [5.41, 5.74) is 7.60. The van der Waals surface area contributed by atoms with E-state index in [0.29, 0.717) is 13.0 Å². The molecule has 158 valence electrons. The highest BCUT2D eigenvalue weighted by Crippen LogP contribution is 2.43. The Bertz CT molecular complexity index is 1130. The minimum Gasteiger partial charge on any atom is -0.492 e. The van der Waals surface area contributed by atoms with Crippen molar-refractivity contribution in [3.05, 3.63) is 82.9 Å². The van der Waals surface area contributed by atoms with Gasteiger partial charge in [0.05, 0.1) is 20.1 Å². The summed E-state index contributed by atoms with van der Waals surface area (Å²) in [6, 6.07) is 21.0. The van der Waals surface area contributed by atoms with Crippen LogP contribution in [0.5, 0.6) is 11.5 Å². The molecule has 0 aromatic heterocycles. The quantitative estimate of drug-likeness (QED) is 0.498. The molecular weight excluding hydrogens is 388 g/mol. The van der Waals surface area contributed by atoms with E-state index < -0.39 is 0 Å². The van der Waals surface area contributed by atoms with E-state index >= 15 is 0 Å². The molecule has 0 saturated heterocycles. The third-order valence-electron chi connectivity index (χ3n) is 6.43. The van der Waals surface area contributed by atoms with Crippen molar-refractivity contribution >= 4 is 5.97 Å². The summed E-state index contributed by atoms with van der Waals surface area (Å²) in [6.45, 7) is 2.66. The van der Waals surface area contributed by atoms with E-state index in [2.05, 4.69) is 49.4 Å². The van der Waals surface area contributed by atoms with Crippen LogP contribution in [0.1, 0.15) is 47.1 Å². The zero-order valence-corrected chi connectivity index (χ0v) is 17.9. The standard InChI is InChI=1S/C27H26O4/c1-17-6-3-4-7-20(17)22-8-5-9-24-23(22)12-13-25(24)31-19-10-11-21-18(14-27(28)29-2)16-30-26(21)15-19/h3-11,15,18,25H,12-14,16H2,1-2H3/t18?,25-/m1/s1. The molecule has 0 fully saturated rings. The van der Waals surface area contributed by atoms with Crippen LogP contribution >= 0.6 is 0 Å². The Balaban J connectivity index is 1.38. The molecule has 1 aliphatic carbocycles. The van der Waals surface area contributed by atoms with Gasteiger partial charge in [-0.25, -0.2) is 0 Å². The SMILES string of the molecule is COC(=O)CC1COc2cc(O[C@@H]3CCc4c(-c5ccccc5C)cccc43)ccc21. The van der Waals surface area contributed by atoms with E-state index in [1.54, 1.807) is 0 Å². The lowest BCUT2D eigenvalue weighted by Gasteiger charge is -2.17. The molecule has 3 aromatic carbocycles. The monoisotopic (exact) mass is 414 g/mol. The van der Waals surface area contributed by atoms with Gasteiger partial charge < -0.3 is 14.2 Å². The van der Waals surface area contributed by atoms with Crippen LogP contribution in [-0.4, -0.2) is 19.7 Å². The minimum absolute atomic E-state index is 0.0317. The van der Waals surface area contributed by atoms with E-state index in [1.807, 2.05) is 18.2 Å². The molecule has 0 spiro atoms. The summed E-state index contributed by atoms with van der Waals surface area (Å²) >= 11 is 0. The van der Waals surface area contributed by atoms with E-state index in [9.17, 15) is 4.79 Å². The van der Waals surface area contributed by atoms with Crippen LogP contribution in [0.25, 0.3) is 11.1 Å². The Morgan fingerprint density at radius 3 is 2.71 bits per heavy atom. The fourth-order valence-electron chi connectivity index (χ4n) is 4.81. The maximum atomic E-state index is 11.6. The number of esters is 1. The van der Waals surface area contributed by atoms with Gasteiger partial charge >= 0.3 is 5.97 Å². The Hall–Kier alpha value is -3.27. The normalized spacial score (nSPS) is 18.8. The number of aryl methyl sites for hydroxylation is 1. The van der Waals surface area contributed by atoms with Crippen molar-refractivity contribution in [2.24, 2.45) is 0 Å². The van der Waals surface area contributed by atoms with Crippen molar-refractivity contribution in [3.63, 3.8) is 0 Å². The fraction of sp³-hybridized carbons (Fsp3) is 0.296. The van der Waals surface area contributed by atoms with Crippen molar-refractivity contribution in [1.29, 1.82) is 0 Å². The Morgan fingerprint density at radius 2 is 1.87 bits per heavy atom. The van der Waals surface area contributed by atoms with Crippen molar-refractivity contribution in [2.75, 3.05) is 13.7 Å². The number of methoxy groups -OCH3 is 1. The van der Waals surface area contributed by atoms with Crippen LogP contribution in [0.2, 0.25) is 0 Å². The van der Waals surface area contributed by atoms with Gasteiger partial charge in [0.15, 0.2) is 0 Å². The first-order valence-corrected chi connectivity index (χ1v) is 10.8. The molecule has 0 amide bonds. The number of rotatable bonds is 5. The van der Waals surface area contributed by atoms with Gasteiger partial charge in [0.1, 0.15) is 17.6 Å². The number of hydrogen-bond acceptors (Lipinski definition) is 4. The smallest absolute Gasteiger partial charge is 0.306 e. The third-order valence-corrected chi connectivity index (χ3v) is 6.43. The van der Waals surface area contributed by atoms with Gasteiger partial charge in [-0.15, -0.1) is 0 Å². The highest BCUT2D eigenvalue weighted by molar-refractivity contribution is 5.73. The number of benzene rings is 3. The second-order valence-corrected chi connectivity index (χ2v) is 8.32. The molecule has 3 aromatic rings. The molecule has 0 saturated carbocycles. The molecule has 4 heteroatoms. The van der Waals surface area contributed by atoms with Crippen molar-refractivity contribution in [2.45, 2.75) is 38.2 Å². The predicted molar refractivity (Wildman–Crippen MR) is 120 cm³/mol. The Kier molecular flexibility index (Phi) is 5.14. The van der Waals surface area contributed by atoms with Crippen LogP contribution in [-0.2, 0) is 16.0 Å². The van der Waals surface area contributed by atoms with Gasteiger partial charge in [0, 0.05) is 17.5 Å². The summed E-state index contributed by atoms with van der Waals surface area (Å²) in [6.07, 6.45) is 2.33. The van der Waals surface area contributed by atoms with Crippen molar-refractivity contribution < 1.29 is 19.0 Å². The molecule has 0 radical (unpaired) electrons. The summed E-state index contributed by atoms with van der Waals surface area (Å²) < 4.78 is 17.1. The first-order chi connectivity index (χ1) is 15.1. The zero-order chi connectivity index (χ0) is 21.4. The summed E-state index contributed by atoms with van der Waals surface area (Å²) in [5, 5.41) is 0. The predicted octanol–water partition coefficient (Wildman–Crippen LogP) is 5.77. The van der Waals surface area contributed by atoms with Crippen LogP contribution in [0.3, 0.4) is 0 Å². The first kappa shape index (κ1) is 19.7. The lowest BCUT2D eigenvalue weighted by molar-refractivity contribution is -0.141. The molecular formula is C27H26O4. The molecule has 1 unspecified atom stereocenters. The van der Waals surface area contributed by atoms with Crippen LogP contribution in [0.4, 0.5) is 0 Å². The highest BCUT2D eigenvalue weighted by atomic mass is 16.5. The fourth-order valence-corrected chi connectivity index (χ4v) is 4.81. The second kappa shape index (κ2) is 8.10. The summed E-state index contributed by atoms with van der Waals surface area (Å²) in [5.74, 6) is 1.43. The number of fused-ring (bicyclic) bond motifs is 2. The maximum Gasteiger partial charge on any atom is 0.306 e. The lowest BCUT2D eigenvalue weighted by Crippen LogP contribution is -2.09. The van der Waals surface area contributed by atoms with E-state index in [4.69, 9.17) is 14.2 Å². The van der Waals surface area contributed by atoms with Gasteiger partial charge in [-0.2, -0.15) is 0 Å². The largest absolute Gasteiger partial charge is 0.492 e. The second-order valence-electron chi connectivity index (χ2n) is 8.32. The molecule has 1 aliphatic heterocycles. The molecule has 4 nitrogen and oxygen atoms in total. The van der Waals surface area contributed by atoms with E-state index in [0.717, 1.165) is 29.9 Å². The lowest BCUT2D eigenvalue weighted by atomic mass is 9.94. The Morgan fingerprint density at radius 1 is 1.03 bits per heavy atom. The van der Waals surface area contributed by atoms with Crippen LogP contribution in [0, 0.1) is 6.92 Å².